The molecular weight excluding hydrogens is 558 g/mol. The second-order valence-electron chi connectivity index (χ2n) is 10.7. The van der Waals surface area contributed by atoms with Crippen molar-refractivity contribution in [2.75, 3.05) is 57.1 Å². The third-order valence-electron chi connectivity index (χ3n) is 7.49. The SMILES string of the molecule is COc1ccc(C=Cc2ccc(C(=O)Nc3cc(C(=O)Nc4cc(CNCCN5CCOCC5)n(C)c4)n(C)c3)cn2)cc1. The number of ether oxygens (including phenoxy) is 2. The summed E-state index contributed by atoms with van der Waals surface area (Å²) in [4.78, 5) is 32.7. The molecule has 5 rings (SSSR count). The minimum Gasteiger partial charge on any atom is -0.497 e. The van der Waals surface area contributed by atoms with Crippen molar-refractivity contribution in [3.63, 3.8) is 0 Å². The molecule has 1 aliphatic rings. The van der Waals surface area contributed by atoms with Gasteiger partial charge in [-0.2, -0.15) is 0 Å². The average molecular weight is 598 g/mol. The number of carbonyl (C=O) groups is 2. The largest absolute Gasteiger partial charge is 0.497 e. The number of rotatable bonds is 12. The van der Waals surface area contributed by atoms with Crippen LogP contribution in [0.25, 0.3) is 12.2 Å². The average Bonchev–Trinajstić information content (AvgIpc) is 3.59. The maximum Gasteiger partial charge on any atom is 0.272 e. The van der Waals surface area contributed by atoms with Crippen LogP contribution in [0.5, 0.6) is 5.75 Å². The summed E-state index contributed by atoms with van der Waals surface area (Å²) in [5.74, 6) is 0.223. The van der Waals surface area contributed by atoms with E-state index in [9.17, 15) is 9.59 Å². The third-order valence-corrected chi connectivity index (χ3v) is 7.49. The van der Waals surface area contributed by atoms with Crippen molar-refractivity contribution < 1.29 is 19.1 Å². The van der Waals surface area contributed by atoms with Crippen LogP contribution in [-0.2, 0) is 25.4 Å². The van der Waals surface area contributed by atoms with Crippen LogP contribution in [-0.4, -0.2) is 77.3 Å². The molecule has 0 bridgehead atoms. The predicted octanol–water partition coefficient (Wildman–Crippen LogP) is 3.86. The lowest BCUT2D eigenvalue weighted by Crippen LogP contribution is -2.40. The van der Waals surface area contributed by atoms with E-state index in [1.165, 1.54) is 6.20 Å². The Morgan fingerprint density at radius 2 is 1.66 bits per heavy atom. The van der Waals surface area contributed by atoms with E-state index in [0.29, 0.717) is 29.2 Å². The topological polar surface area (TPSA) is 115 Å². The lowest BCUT2D eigenvalue weighted by Gasteiger charge is -2.26. The molecule has 1 saturated heterocycles. The summed E-state index contributed by atoms with van der Waals surface area (Å²) in [6.07, 6.45) is 8.96. The van der Waals surface area contributed by atoms with E-state index >= 15 is 0 Å². The molecule has 11 nitrogen and oxygen atoms in total. The minimum absolute atomic E-state index is 0.264. The molecule has 44 heavy (non-hydrogen) atoms. The van der Waals surface area contributed by atoms with Gasteiger partial charge in [-0.1, -0.05) is 18.2 Å². The lowest BCUT2D eigenvalue weighted by atomic mass is 10.1. The third kappa shape index (κ3) is 8.22. The molecule has 0 atom stereocenters. The number of nitrogens with one attached hydrogen (secondary N) is 3. The molecule has 4 heterocycles. The maximum atomic E-state index is 13.1. The predicted molar refractivity (Wildman–Crippen MR) is 172 cm³/mol. The smallest absolute Gasteiger partial charge is 0.272 e. The Morgan fingerprint density at radius 1 is 0.932 bits per heavy atom. The molecule has 1 aromatic carbocycles. The van der Waals surface area contributed by atoms with Crippen molar-refractivity contribution in [1.82, 2.24) is 24.3 Å². The number of aryl methyl sites for hydroxylation is 2. The van der Waals surface area contributed by atoms with Crippen molar-refractivity contribution in [2.45, 2.75) is 6.54 Å². The molecule has 0 saturated carbocycles. The van der Waals surface area contributed by atoms with E-state index in [1.807, 2.05) is 60.3 Å². The van der Waals surface area contributed by atoms with Crippen molar-refractivity contribution in [3.05, 3.63) is 95.3 Å². The number of hydrogen-bond donors (Lipinski definition) is 3. The van der Waals surface area contributed by atoms with Crippen LogP contribution in [0.2, 0.25) is 0 Å². The first-order valence-corrected chi connectivity index (χ1v) is 14.6. The minimum atomic E-state index is -0.311. The zero-order valence-electron chi connectivity index (χ0n) is 25.4. The summed E-state index contributed by atoms with van der Waals surface area (Å²) >= 11 is 0. The lowest BCUT2D eigenvalue weighted by molar-refractivity contribution is 0.0384. The molecule has 230 valence electrons. The Kier molecular flexibility index (Phi) is 10.2. The van der Waals surface area contributed by atoms with Crippen molar-refractivity contribution in [1.29, 1.82) is 0 Å². The van der Waals surface area contributed by atoms with Crippen LogP contribution in [0.1, 0.15) is 37.8 Å². The summed E-state index contributed by atoms with van der Waals surface area (Å²) in [5, 5.41) is 9.31. The van der Waals surface area contributed by atoms with Crippen LogP contribution in [0.4, 0.5) is 11.4 Å². The second-order valence-corrected chi connectivity index (χ2v) is 10.7. The first-order valence-electron chi connectivity index (χ1n) is 14.6. The molecule has 3 N–H and O–H groups in total. The van der Waals surface area contributed by atoms with Crippen molar-refractivity contribution >= 4 is 35.3 Å². The van der Waals surface area contributed by atoms with Gasteiger partial charge >= 0.3 is 0 Å². The van der Waals surface area contributed by atoms with Gasteiger partial charge in [-0.3, -0.25) is 19.5 Å². The summed E-state index contributed by atoms with van der Waals surface area (Å²) < 4.78 is 14.3. The summed E-state index contributed by atoms with van der Waals surface area (Å²) in [5.41, 5.74) is 4.87. The van der Waals surface area contributed by atoms with Gasteiger partial charge in [-0.05, 0) is 48.0 Å². The number of aromatic nitrogens is 3. The van der Waals surface area contributed by atoms with Gasteiger partial charge in [0.2, 0.25) is 0 Å². The fraction of sp³-hybridized carbons (Fsp3) is 0.303. The number of benzene rings is 1. The van der Waals surface area contributed by atoms with Crippen LogP contribution < -0.4 is 20.7 Å². The van der Waals surface area contributed by atoms with E-state index in [0.717, 1.165) is 62.1 Å². The molecule has 11 heteroatoms. The number of nitrogens with zero attached hydrogens (tertiary/aromatic N) is 4. The van der Waals surface area contributed by atoms with E-state index in [4.69, 9.17) is 9.47 Å². The summed E-state index contributed by atoms with van der Waals surface area (Å²) in [6, 6.07) is 14.8. The van der Waals surface area contributed by atoms with Crippen LogP contribution in [0.15, 0.2) is 67.1 Å². The Morgan fingerprint density at radius 3 is 2.39 bits per heavy atom. The Hall–Kier alpha value is -4.71. The number of methoxy groups -OCH3 is 1. The van der Waals surface area contributed by atoms with Crippen LogP contribution in [0.3, 0.4) is 0 Å². The maximum absolute atomic E-state index is 13.1. The van der Waals surface area contributed by atoms with Crippen LogP contribution >= 0.6 is 0 Å². The molecular formula is C33H39N7O4. The van der Waals surface area contributed by atoms with Gasteiger partial charge in [0.05, 0.1) is 43.0 Å². The second kappa shape index (κ2) is 14.6. The highest BCUT2D eigenvalue weighted by Gasteiger charge is 2.16. The molecule has 0 aliphatic carbocycles. The van der Waals surface area contributed by atoms with E-state index in [-0.39, 0.29) is 11.8 Å². The van der Waals surface area contributed by atoms with Crippen molar-refractivity contribution in [3.8, 4) is 5.75 Å². The number of anilines is 2. The number of amides is 2. The highest BCUT2D eigenvalue weighted by Crippen LogP contribution is 2.19. The molecule has 3 aromatic heterocycles. The van der Waals surface area contributed by atoms with Gasteiger partial charge in [-0.15, -0.1) is 0 Å². The zero-order chi connectivity index (χ0) is 30.9. The first-order chi connectivity index (χ1) is 21.4. The molecule has 1 fully saturated rings. The first kappa shape index (κ1) is 30.7. The zero-order valence-corrected chi connectivity index (χ0v) is 25.4. The summed E-state index contributed by atoms with van der Waals surface area (Å²) in [7, 11) is 5.36. The van der Waals surface area contributed by atoms with Gasteiger partial charge in [0, 0.05) is 71.1 Å². The molecule has 0 unspecified atom stereocenters. The Bertz CT molecular complexity index is 1580. The Labute approximate surface area is 257 Å². The Balaban J connectivity index is 1.12. The number of hydrogen-bond acceptors (Lipinski definition) is 7. The van der Waals surface area contributed by atoms with Crippen LogP contribution in [0, 0.1) is 0 Å². The van der Waals surface area contributed by atoms with Gasteiger partial charge < -0.3 is 34.6 Å². The molecule has 0 spiro atoms. The van der Waals surface area contributed by atoms with E-state index in [1.54, 1.807) is 43.1 Å². The number of morpholine rings is 1. The standard InChI is InChI=1S/C33H39N7O4/c1-38-22-27(18-29(38)21-34-12-13-40-14-16-44-17-15-40)37-33(42)31-19-28(23-39(31)2)36-32(41)25-7-9-26(35-20-25)8-4-24-5-10-30(43-3)11-6-24/h4-11,18-20,22-23,34H,12-17,21H2,1-3H3,(H,36,41)(H,37,42). The van der Waals surface area contributed by atoms with Crippen molar-refractivity contribution in [2.24, 2.45) is 14.1 Å². The number of carbonyl (C=O) groups excluding carboxylic acids is 2. The fourth-order valence-corrected chi connectivity index (χ4v) is 4.92. The van der Waals surface area contributed by atoms with E-state index < -0.39 is 0 Å². The molecule has 2 amide bonds. The highest BCUT2D eigenvalue weighted by atomic mass is 16.5. The molecule has 0 radical (unpaired) electrons. The van der Waals surface area contributed by atoms with E-state index in [2.05, 4.69) is 25.8 Å². The van der Waals surface area contributed by atoms with Gasteiger partial charge in [0.25, 0.3) is 11.8 Å². The van der Waals surface area contributed by atoms with Gasteiger partial charge in [0.1, 0.15) is 11.4 Å². The fourth-order valence-electron chi connectivity index (χ4n) is 4.92. The van der Waals surface area contributed by atoms with Gasteiger partial charge in [0.15, 0.2) is 0 Å². The highest BCUT2D eigenvalue weighted by molar-refractivity contribution is 6.07. The number of pyridine rings is 1. The summed E-state index contributed by atoms with van der Waals surface area (Å²) in [6.45, 7) is 6.11. The normalized spacial score (nSPS) is 13.7. The molecule has 4 aromatic rings. The molecule has 1 aliphatic heterocycles. The monoisotopic (exact) mass is 597 g/mol. The van der Waals surface area contributed by atoms with Gasteiger partial charge in [-0.25, -0.2) is 0 Å². The quantitative estimate of drug-likeness (QED) is 0.213.